The number of hydrogen-bond acceptors (Lipinski definition) is 2. The first-order valence-electron chi connectivity index (χ1n) is 7.59. The first-order valence-corrected chi connectivity index (χ1v) is 7.59. The van der Waals surface area contributed by atoms with E-state index in [4.69, 9.17) is 4.74 Å². The van der Waals surface area contributed by atoms with Gasteiger partial charge in [0.25, 0.3) is 0 Å². The molecule has 0 unspecified atom stereocenters. The average Bonchev–Trinajstić information content (AvgIpc) is 2.62. The van der Waals surface area contributed by atoms with Crippen LogP contribution in [0.15, 0.2) is 72.8 Å². The predicted octanol–water partition coefficient (Wildman–Crippen LogP) is 5.73. The first kappa shape index (κ1) is 17.7. The van der Waals surface area contributed by atoms with Crippen LogP contribution in [0.2, 0.25) is 0 Å². The molecular weight excluding hydrogens is 348 g/mol. The molecule has 0 spiro atoms. The number of halogens is 4. The molecule has 0 aliphatic heterocycles. The summed E-state index contributed by atoms with van der Waals surface area (Å²) in [6.45, 7) is 0. The van der Waals surface area contributed by atoms with Crippen molar-refractivity contribution in [2.75, 3.05) is 0 Å². The quantitative estimate of drug-likeness (QED) is 0.339. The zero-order chi connectivity index (χ0) is 18.7. The maximum Gasteiger partial charge on any atom is 0.416 e. The molecule has 0 saturated heterocycles. The molecule has 0 N–H and O–H groups in total. The number of esters is 1. The van der Waals surface area contributed by atoms with Gasteiger partial charge >= 0.3 is 12.1 Å². The van der Waals surface area contributed by atoms with Crippen molar-refractivity contribution in [2.45, 2.75) is 6.18 Å². The third-order valence-corrected chi connectivity index (χ3v) is 3.66. The monoisotopic (exact) mass is 360 g/mol. The number of carbonyl (C=O) groups excluding carboxylic acids is 1. The van der Waals surface area contributed by atoms with Crippen molar-refractivity contribution < 1.29 is 27.1 Å². The summed E-state index contributed by atoms with van der Waals surface area (Å²) in [6, 6.07) is 16.5. The largest absolute Gasteiger partial charge is 0.423 e. The Morgan fingerprint density at radius 3 is 2.23 bits per heavy atom. The molecule has 0 radical (unpaired) electrons. The van der Waals surface area contributed by atoms with Crippen LogP contribution < -0.4 is 4.74 Å². The van der Waals surface area contributed by atoms with Crippen LogP contribution >= 0.6 is 0 Å². The lowest BCUT2D eigenvalue weighted by Gasteiger charge is -2.10. The van der Waals surface area contributed by atoms with Crippen LogP contribution in [0.4, 0.5) is 17.6 Å². The van der Waals surface area contributed by atoms with Gasteiger partial charge in [0.2, 0.25) is 0 Å². The molecule has 0 fully saturated rings. The summed E-state index contributed by atoms with van der Waals surface area (Å²) < 4.78 is 57.4. The van der Waals surface area contributed by atoms with E-state index in [0.29, 0.717) is 17.2 Å². The number of benzene rings is 3. The Balaban J connectivity index is 1.81. The number of carbonyl (C=O) groups is 1. The minimum absolute atomic E-state index is 0.0930. The molecule has 2 nitrogen and oxygen atoms in total. The van der Waals surface area contributed by atoms with E-state index < -0.39 is 23.5 Å². The van der Waals surface area contributed by atoms with E-state index in [1.165, 1.54) is 18.2 Å². The van der Waals surface area contributed by atoms with E-state index in [0.717, 1.165) is 18.2 Å². The van der Waals surface area contributed by atoms with Crippen molar-refractivity contribution in [3.05, 3.63) is 89.7 Å². The van der Waals surface area contributed by atoms with Gasteiger partial charge in [-0.2, -0.15) is 13.2 Å². The lowest BCUT2D eigenvalue weighted by Crippen LogP contribution is -2.11. The summed E-state index contributed by atoms with van der Waals surface area (Å²) in [4.78, 5) is 12.0. The van der Waals surface area contributed by atoms with Crippen LogP contribution in [0, 0.1) is 5.82 Å². The van der Waals surface area contributed by atoms with E-state index in [1.54, 1.807) is 30.3 Å². The normalized spacial score (nSPS) is 11.2. The molecule has 26 heavy (non-hydrogen) atoms. The molecule has 0 aromatic heterocycles. The van der Waals surface area contributed by atoms with Gasteiger partial charge in [-0.05, 0) is 35.9 Å². The van der Waals surface area contributed by atoms with Crippen LogP contribution in [0.25, 0.3) is 11.1 Å². The lowest BCUT2D eigenvalue weighted by atomic mass is 10.1. The third kappa shape index (κ3) is 3.91. The van der Waals surface area contributed by atoms with Gasteiger partial charge in [-0.1, -0.05) is 36.4 Å². The first-order chi connectivity index (χ1) is 12.3. The maximum absolute atomic E-state index is 14.3. The van der Waals surface area contributed by atoms with Crippen molar-refractivity contribution in [3.8, 4) is 16.9 Å². The number of alkyl halides is 3. The molecule has 0 atom stereocenters. The Kier molecular flexibility index (Phi) is 4.75. The smallest absolute Gasteiger partial charge is 0.416 e. The summed E-state index contributed by atoms with van der Waals surface area (Å²) in [6.07, 6.45) is -4.57. The fraction of sp³-hybridized carbons (Fsp3) is 0.0500. The average molecular weight is 360 g/mol. The summed E-state index contributed by atoms with van der Waals surface area (Å²) in [5.41, 5.74) is -0.254. The standard InChI is InChI=1S/C20H12F4O2/c21-18-12-16(9-10-17(18)13-5-2-1-3-6-13)26-19(25)14-7-4-8-15(11-14)20(22,23)24/h1-12H. The number of rotatable bonds is 3. The highest BCUT2D eigenvalue weighted by Gasteiger charge is 2.31. The SMILES string of the molecule is O=C(Oc1ccc(-c2ccccc2)c(F)c1)c1cccc(C(F)(F)F)c1. The second-order valence-corrected chi connectivity index (χ2v) is 5.48. The van der Waals surface area contributed by atoms with Crippen molar-refractivity contribution in [3.63, 3.8) is 0 Å². The van der Waals surface area contributed by atoms with Crippen LogP contribution in [0.5, 0.6) is 5.75 Å². The van der Waals surface area contributed by atoms with Gasteiger partial charge in [0.1, 0.15) is 11.6 Å². The Hall–Kier alpha value is -3.15. The van der Waals surface area contributed by atoms with Gasteiger partial charge in [-0.25, -0.2) is 9.18 Å². The van der Waals surface area contributed by atoms with Gasteiger partial charge in [0.15, 0.2) is 0 Å². The second-order valence-electron chi connectivity index (χ2n) is 5.48. The zero-order valence-corrected chi connectivity index (χ0v) is 13.3. The van der Waals surface area contributed by atoms with Crippen molar-refractivity contribution >= 4 is 5.97 Å². The van der Waals surface area contributed by atoms with E-state index >= 15 is 0 Å². The summed E-state index contributed by atoms with van der Waals surface area (Å²) in [7, 11) is 0. The maximum atomic E-state index is 14.3. The Morgan fingerprint density at radius 1 is 0.846 bits per heavy atom. The molecule has 3 aromatic rings. The van der Waals surface area contributed by atoms with Crippen molar-refractivity contribution in [1.29, 1.82) is 0 Å². The molecule has 3 aromatic carbocycles. The highest BCUT2D eigenvalue weighted by atomic mass is 19.4. The fourth-order valence-electron chi connectivity index (χ4n) is 2.40. The molecular formula is C20H12F4O2. The highest BCUT2D eigenvalue weighted by molar-refractivity contribution is 5.91. The number of ether oxygens (including phenoxy) is 1. The molecule has 0 heterocycles. The zero-order valence-electron chi connectivity index (χ0n) is 13.3. The minimum atomic E-state index is -4.57. The number of hydrogen-bond donors (Lipinski definition) is 0. The minimum Gasteiger partial charge on any atom is -0.423 e. The van der Waals surface area contributed by atoms with E-state index in [9.17, 15) is 22.4 Å². The fourth-order valence-corrected chi connectivity index (χ4v) is 2.40. The second kappa shape index (κ2) is 7.00. The molecule has 0 amide bonds. The van der Waals surface area contributed by atoms with Crippen LogP contribution in [0.3, 0.4) is 0 Å². The summed E-state index contributed by atoms with van der Waals surface area (Å²) in [5, 5.41) is 0. The summed E-state index contributed by atoms with van der Waals surface area (Å²) in [5.74, 6) is -1.70. The Bertz CT molecular complexity index is 934. The van der Waals surface area contributed by atoms with Crippen molar-refractivity contribution in [2.24, 2.45) is 0 Å². The van der Waals surface area contributed by atoms with Crippen LogP contribution in [0.1, 0.15) is 15.9 Å². The highest BCUT2D eigenvalue weighted by Crippen LogP contribution is 2.30. The van der Waals surface area contributed by atoms with Gasteiger partial charge in [0, 0.05) is 11.6 Å². The van der Waals surface area contributed by atoms with Gasteiger partial charge in [-0.3, -0.25) is 0 Å². The topological polar surface area (TPSA) is 26.3 Å². The molecule has 0 aliphatic rings. The molecule has 132 valence electrons. The molecule has 0 bridgehead atoms. The van der Waals surface area contributed by atoms with Gasteiger partial charge < -0.3 is 4.74 Å². The molecule has 0 saturated carbocycles. The van der Waals surface area contributed by atoms with E-state index in [-0.39, 0.29) is 11.3 Å². The molecule has 6 heteroatoms. The van der Waals surface area contributed by atoms with E-state index in [1.807, 2.05) is 0 Å². The molecule has 3 rings (SSSR count). The lowest BCUT2D eigenvalue weighted by molar-refractivity contribution is -0.137. The van der Waals surface area contributed by atoms with Crippen LogP contribution in [-0.4, -0.2) is 5.97 Å². The van der Waals surface area contributed by atoms with E-state index in [2.05, 4.69) is 0 Å². The van der Waals surface area contributed by atoms with Crippen LogP contribution in [-0.2, 0) is 6.18 Å². The Labute approximate surface area is 146 Å². The Morgan fingerprint density at radius 2 is 1.58 bits per heavy atom. The van der Waals surface area contributed by atoms with Crippen molar-refractivity contribution in [1.82, 2.24) is 0 Å². The van der Waals surface area contributed by atoms with Gasteiger partial charge in [-0.15, -0.1) is 0 Å². The third-order valence-electron chi connectivity index (χ3n) is 3.66. The van der Waals surface area contributed by atoms with Gasteiger partial charge in [0.05, 0.1) is 11.1 Å². The summed E-state index contributed by atoms with van der Waals surface area (Å²) >= 11 is 0. The molecule has 0 aliphatic carbocycles. The predicted molar refractivity (Wildman–Crippen MR) is 88.2 cm³/mol.